The largest absolute Gasteiger partial charge is 0.144 e. The van der Waals surface area contributed by atoms with Gasteiger partial charge >= 0.3 is 0 Å². The molecule has 0 saturated heterocycles. The standard InChI is InChI=1S/C26H30S/c1-5-6-10-23(21-16-14-20(4)15-17-21)26(25-13-9-18-27-25)24-12-8-7-11-22(24)19(2)3/h7-9,11-19H,5-6,10H2,1-4H3. The molecule has 2 aromatic carbocycles. The lowest BCUT2D eigenvalue weighted by Gasteiger charge is -2.20. The molecule has 1 aromatic heterocycles. The van der Waals surface area contributed by atoms with E-state index < -0.39 is 0 Å². The first-order valence-electron chi connectivity index (χ1n) is 10.0. The van der Waals surface area contributed by atoms with E-state index in [9.17, 15) is 0 Å². The Morgan fingerprint density at radius 1 is 0.926 bits per heavy atom. The van der Waals surface area contributed by atoms with Gasteiger partial charge in [0, 0.05) is 10.5 Å². The summed E-state index contributed by atoms with van der Waals surface area (Å²) in [6, 6.07) is 22.5. The van der Waals surface area contributed by atoms with Crippen molar-refractivity contribution in [3.8, 4) is 0 Å². The minimum Gasteiger partial charge on any atom is -0.144 e. The average Bonchev–Trinajstić information content (AvgIpc) is 3.20. The van der Waals surface area contributed by atoms with Gasteiger partial charge in [-0.05, 0) is 59.4 Å². The first-order chi connectivity index (χ1) is 13.1. The van der Waals surface area contributed by atoms with Crippen LogP contribution in [-0.2, 0) is 0 Å². The Hall–Kier alpha value is -2.12. The Kier molecular flexibility index (Phi) is 6.68. The van der Waals surface area contributed by atoms with Gasteiger partial charge in [-0.25, -0.2) is 0 Å². The molecule has 0 aliphatic rings. The summed E-state index contributed by atoms with van der Waals surface area (Å²) >= 11 is 1.85. The average molecular weight is 375 g/mol. The summed E-state index contributed by atoms with van der Waals surface area (Å²) in [5.74, 6) is 0.501. The zero-order valence-electron chi connectivity index (χ0n) is 17.0. The van der Waals surface area contributed by atoms with Gasteiger partial charge < -0.3 is 0 Å². The molecule has 1 heterocycles. The van der Waals surface area contributed by atoms with Crippen LogP contribution in [0.1, 0.15) is 73.1 Å². The first-order valence-corrected chi connectivity index (χ1v) is 10.9. The molecule has 0 spiro atoms. The third-order valence-corrected chi connectivity index (χ3v) is 5.99. The molecule has 3 aromatic rings. The lowest BCUT2D eigenvalue weighted by atomic mass is 9.85. The third kappa shape index (κ3) is 4.59. The summed E-state index contributed by atoms with van der Waals surface area (Å²) < 4.78 is 0. The summed E-state index contributed by atoms with van der Waals surface area (Å²) in [6.07, 6.45) is 3.53. The molecule has 0 radical (unpaired) electrons. The van der Waals surface area contributed by atoms with Gasteiger partial charge in [0.2, 0.25) is 0 Å². The molecule has 0 aliphatic heterocycles. The Morgan fingerprint density at radius 3 is 2.30 bits per heavy atom. The molecule has 0 unspecified atom stereocenters. The molecule has 0 saturated carbocycles. The summed E-state index contributed by atoms with van der Waals surface area (Å²) in [7, 11) is 0. The van der Waals surface area contributed by atoms with Crippen LogP contribution in [0.15, 0.2) is 66.0 Å². The van der Waals surface area contributed by atoms with Crippen LogP contribution in [0, 0.1) is 6.92 Å². The van der Waals surface area contributed by atoms with Gasteiger partial charge in [-0.2, -0.15) is 0 Å². The van der Waals surface area contributed by atoms with Crippen LogP contribution < -0.4 is 0 Å². The SMILES string of the molecule is CCCCC(=C(c1cccs1)c1ccccc1C(C)C)c1ccc(C)cc1. The second-order valence-corrected chi connectivity index (χ2v) is 8.49. The topological polar surface area (TPSA) is 0 Å². The van der Waals surface area contributed by atoms with E-state index in [-0.39, 0.29) is 0 Å². The van der Waals surface area contributed by atoms with Gasteiger partial charge in [0.1, 0.15) is 0 Å². The number of aryl methyl sites for hydroxylation is 1. The predicted molar refractivity (Wildman–Crippen MR) is 121 cm³/mol. The highest BCUT2D eigenvalue weighted by Crippen LogP contribution is 2.40. The van der Waals surface area contributed by atoms with Crippen molar-refractivity contribution in [2.45, 2.75) is 52.9 Å². The van der Waals surface area contributed by atoms with Gasteiger partial charge in [0.05, 0.1) is 0 Å². The van der Waals surface area contributed by atoms with Crippen LogP contribution in [0.3, 0.4) is 0 Å². The van der Waals surface area contributed by atoms with Crippen molar-refractivity contribution in [1.82, 2.24) is 0 Å². The highest BCUT2D eigenvalue weighted by molar-refractivity contribution is 7.11. The maximum absolute atomic E-state index is 2.31. The second-order valence-electron chi connectivity index (χ2n) is 7.54. The second kappa shape index (κ2) is 9.19. The minimum absolute atomic E-state index is 0.501. The Morgan fingerprint density at radius 2 is 1.67 bits per heavy atom. The van der Waals surface area contributed by atoms with Crippen LogP contribution in [0.5, 0.6) is 0 Å². The van der Waals surface area contributed by atoms with Crippen molar-refractivity contribution >= 4 is 22.5 Å². The molecule has 0 atom stereocenters. The van der Waals surface area contributed by atoms with Crippen molar-refractivity contribution in [2.75, 3.05) is 0 Å². The van der Waals surface area contributed by atoms with Gasteiger partial charge in [-0.1, -0.05) is 87.4 Å². The van der Waals surface area contributed by atoms with Crippen molar-refractivity contribution in [3.63, 3.8) is 0 Å². The molecule has 0 amide bonds. The van der Waals surface area contributed by atoms with Crippen LogP contribution >= 0.6 is 11.3 Å². The van der Waals surface area contributed by atoms with E-state index in [0.29, 0.717) is 5.92 Å². The molecule has 0 N–H and O–H groups in total. The Labute approximate surface area is 168 Å². The maximum Gasteiger partial charge on any atom is 0.0351 e. The normalized spacial score (nSPS) is 12.3. The van der Waals surface area contributed by atoms with E-state index in [1.807, 2.05) is 11.3 Å². The molecule has 0 nitrogen and oxygen atoms in total. The molecule has 1 heteroatoms. The van der Waals surface area contributed by atoms with Crippen molar-refractivity contribution in [3.05, 3.63) is 93.2 Å². The lowest BCUT2D eigenvalue weighted by Crippen LogP contribution is -2.00. The molecular formula is C26H30S. The molecular weight excluding hydrogens is 344 g/mol. The number of rotatable bonds is 7. The predicted octanol–water partition coefficient (Wildman–Crippen LogP) is 8.33. The summed E-state index contributed by atoms with van der Waals surface area (Å²) in [4.78, 5) is 1.37. The van der Waals surface area contributed by atoms with E-state index in [2.05, 4.69) is 93.7 Å². The van der Waals surface area contributed by atoms with Crippen LogP contribution in [-0.4, -0.2) is 0 Å². The lowest BCUT2D eigenvalue weighted by molar-refractivity contribution is 0.824. The van der Waals surface area contributed by atoms with Crippen LogP contribution in [0.4, 0.5) is 0 Å². The number of unbranched alkanes of at least 4 members (excludes halogenated alkanes) is 1. The number of hydrogen-bond donors (Lipinski definition) is 0. The Balaban J connectivity index is 2.30. The van der Waals surface area contributed by atoms with Gasteiger partial charge in [0.25, 0.3) is 0 Å². The molecule has 0 bridgehead atoms. The minimum atomic E-state index is 0.501. The molecule has 3 rings (SSSR count). The number of thiophene rings is 1. The first kappa shape index (κ1) is 19.6. The van der Waals surface area contributed by atoms with E-state index in [1.165, 1.54) is 51.1 Å². The van der Waals surface area contributed by atoms with Crippen molar-refractivity contribution < 1.29 is 0 Å². The van der Waals surface area contributed by atoms with Crippen molar-refractivity contribution in [1.29, 1.82) is 0 Å². The van der Waals surface area contributed by atoms with Crippen LogP contribution in [0.25, 0.3) is 11.1 Å². The smallest absolute Gasteiger partial charge is 0.0351 e. The fourth-order valence-electron chi connectivity index (χ4n) is 3.61. The molecule has 140 valence electrons. The van der Waals surface area contributed by atoms with Crippen molar-refractivity contribution in [2.24, 2.45) is 0 Å². The van der Waals surface area contributed by atoms with Gasteiger partial charge in [-0.3, -0.25) is 0 Å². The monoisotopic (exact) mass is 374 g/mol. The zero-order chi connectivity index (χ0) is 19.2. The highest BCUT2D eigenvalue weighted by Gasteiger charge is 2.18. The number of allylic oxidation sites excluding steroid dienone is 1. The third-order valence-electron chi connectivity index (χ3n) is 5.10. The van der Waals surface area contributed by atoms with E-state index in [0.717, 1.165) is 6.42 Å². The summed E-state index contributed by atoms with van der Waals surface area (Å²) in [5, 5.41) is 2.19. The number of benzene rings is 2. The summed E-state index contributed by atoms with van der Waals surface area (Å²) in [6.45, 7) is 9.03. The van der Waals surface area contributed by atoms with Crippen LogP contribution in [0.2, 0.25) is 0 Å². The van der Waals surface area contributed by atoms with E-state index in [4.69, 9.17) is 0 Å². The van der Waals surface area contributed by atoms with Gasteiger partial charge in [-0.15, -0.1) is 11.3 Å². The molecule has 27 heavy (non-hydrogen) atoms. The number of hydrogen-bond acceptors (Lipinski definition) is 1. The summed E-state index contributed by atoms with van der Waals surface area (Å²) in [5.41, 5.74) is 8.40. The maximum atomic E-state index is 2.31. The Bertz CT molecular complexity index is 880. The van der Waals surface area contributed by atoms with E-state index >= 15 is 0 Å². The fraction of sp³-hybridized carbons (Fsp3) is 0.308. The zero-order valence-corrected chi connectivity index (χ0v) is 17.8. The fourth-order valence-corrected chi connectivity index (χ4v) is 4.43. The highest BCUT2D eigenvalue weighted by atomic mass is 32.1. The van der Waals surface area contributed by atoms with E-state index in [1.54, 1.807) is 0 Å². The molecule has 0 aliphatic carbocycles. The van der Waals surface area contributed by atoms with Gasteiger partial charge in [0.15, 0.2) is 0 Å². The quantitative estimate of drug-likeness (QED) is 0.365. The molecule has 0 fully saturated rings.